The van der Waals surface area contributed by atoms with Crippen molar-refractivity contribution in [3.63, 3.8) is 0 Å². The predicted molar refractivity (Wildman–Crippen MR) is 128 cm³/mol. The molecule has 0 radical (unpaired) electrons. The van der Waals surface area contributed by atoms with Crippen LogP contribution in [0.4, 0.5) is 13.2 Å². The van der Waals surface area contributed by atoms with Gasteiger partial charge in [0.25, 0.3) is 11.8 Å². The first-order valence-electron chi connectivity index (χ1n) is 11.0. The maximum absolute atomic E-state index is 13.6. The number of alkyl halides is 3. The third kappa shape index (κ3) is 4.86. The molecule has 1 atom stereocenters. The Morgan fingerprint density at radius 2 is 1.86 bits per heavy atom. The fourth-order valence-electron chi connectivity index (χ4n) is 4.33. The van der Waals surface area contributed by atoms with Crippen molar-refractivity contribution >= 4 is 32.7 Å². The fraction of sp³-hybridized carbons (Fsp3) is 0.192. The highest BCUT2D eigenvalue weighted by atomic mass is 79.9. The van der Waals surface area contributed by atoms with Crippen molar-refractivity contribution in [1.82, 2.24) is 15.5 Å². The first-order chi connectivity index (χ1) is 16.8. The average Bonchev–Trinajstić information content (AvgIpc) is 2.84. The number of benzene rings is 3. The number of nitrogens with one attached hydrogen (secondary N) is 1. The monoisotopic (exact) mass is 541 g/mol. The molecule has 5 nitrogen and oxygen atoms in total. The minimum absolute atomic E-state index is 0.0922. The number of hydrogen-bond donors (Lipinski definition) is 1. The summed E-state index contributed by atoms with van der Waals surface area (Å²) < 4.78 is 46.2. The highest BCUT2D eigenvalue weighted by molar-refractivity contribution is 9.10. The van der Waals surface area contributed by atoms with Gasteiger partial charge < -0.3 is 10.1 Å². The number of rotatable bonds is 4. The van der Waals surface area contributed by atoms with Crippen LogP contribution in [0.2, 0.25) is 0 Å². The molecule has 1 aromatic heterocycles. The molecule has 1 N–H and O–H groups in total. The van der Waals surface area contributed by atoms with Gasteiger partial charge in [-0.05, 0) is 66.8 Å². The van der Waals surface area contributed by atoms with E-state index < -0.39 is 17.6 Å². The zero-order valence-corrected chi connectivity index (χ0v) is 19.9. The summed E-state index contributed by atoms with van der Waals surface area (Å²) in [6, 6.07) is 17.2. The van der Waals surface area contributed by atoms with Crippen LogP contribution in [-0.4, -0.2) is 16.1 Å². The molecule has 1 aliphatic rings. The Morgan fingerprint density at radius 3 is 2.69 bits per heavy atom. The largest absolute Gasteiger partial charge is 0.437 e. The van der Waals surface area contributed by atoms with Gasteiger partial charge in [0.2, 0.25) is 0 Å². The van der Waals surface area contributed by atoms with Crippen LogP contribution in [0.1, 0.15) is 45.9 Å². The van der Waals surface area contributed by atoms with E-state index in [-0.39, 0.29) is 23.2 Å². The lowest BCUT2D eigenvalue weighted by molar-refractivity contribution is -0.137. The van der Waals surface area contributed by atoms with Crippen molar-refractivity contribution in [1.29, 1.82) is 0 Å². The molecular weight excluding hydrogens is 523 g/mol. The van der Waals surface area contributed by atoms with Crippen molar-refractivity contribution in [3.05, 3.63) is 93.5 Å². The summed E-state index contributed by atoms with van der Waals surface area (Å²) in [5, 5.41) is 11.7. The van der Waals surface area contributed by atoms with E-state index in [0.29, 0.717) is 10.9 Å². The van der Waals surface area contributed by atoms with Crippen molar-refractivity contribution in [2.75, 3.05) is 0 Å². The van der Waals surface area contributed by atoms with Gasteiger partial charge in [-0.1, -0.05) is 46.3 Å². The topological polar surface area (TPSA) is 64.1 Å². The lowest BCUT2D eigenvalue weighted by Gasteiger charge is -2.27. The van der Waals surface area contributed by atoms with E-state index in [2.05, 4.69) is 31.4 Å². The van der Waals surface area contributed by atoms with Gasteiger partial charge in [-0.2, -0.15) is 13.2 Å². The maximum atomic E-state index is 13.6. The smallest absolute Gasteiger partial charge is 0.416 e. The standard InChI is InChI=1S/C26H19BrF3N3O2/c27-17-12-11-15-5-3-10-21(20(15)14-17)31-24(34)23-19-8-1-2-9-22(19)32-33-25(23)35-18-7-4-6-16(13-18)26(28,29)30/h1-2,4,6-9,11-14,21H,3,5,10H2,(H,31,34)/t21-/m0/s1. The normalized spacial score (nSPS) is 15.5. The summed E-state index contributed by atoms with van der Waals surface area (Å²) >= 11 is 3.50. The van der Waals surface area contributed by atoms with E-state index in [4.69, 9.17) is 4.74 Å². The van der Waals surface area contributed by atoms with Crippen molar-refractivity contribution in [3.8, 4) is 11.6 Å². The molecule has 35 heavy (non-hydrogen) atoms. The van der Waals surface area contributed by atoms with E-state index in [1.54, 1.807) is 24.3 Å². The Kier molecular flexibility index (Phi) is 6.19. The lowest BCUT2D eigenvalue weighted by Crippen LogP contribution is -2.31. The molecule has 1 amide bonds. The zero-order chi connectivity index (χ0) is 24.6. The third-order valence-electron chi connectivity index (χ3n) is 5.97. The highest BCUT2D eigenvalue weighted by Crippen LogP contribution is 2.35. The van der Waals surface area contributed by atoms with Gasteiger partial charge >= 0.3 is 6.18 Å². The number of aromatic nitrogens is 2. The number of fused-ring (bicyclic) bond motifs is 2. The minimum Gasteiger partial charge on any atom is -0.437 e. The summed E-state index contributed by atoms with van der Waals surface area (Å²) in [7, 11) is 0. The van der Waals surface area contributed by atoms with Crippen molar-refractivity contribution in [2.45, 2.75) is 31.5 Å². The molecule has 0 saturated carbocycles. The summed E-state index contributed by atoms with van der Waals surface area (Å²) in [4.78, 5) is 13.6. The molecule has 1 aliphatic carbocycles. The minimum atomic E-state index is -4.53. The number of nitrogens with zero attached hydrogens (tertiary/aromatic N) is 2. The second-order valence-electron chi connectivity index (χ2n) is 8.29. The summed E-state index contributed by atoms with van der Waals surface area (Å²) in [5.41, 5.74) is 1.93. The first-order valence-corrected chi connectivity index (χ1v) is 11.8. The van der Waals surface area contributed by atoms with Crippen molar-refractivity contribution < 1.29 is 22.7 Å². The third-order valence-corrected chi connectivity index (χ3v) is 6.46. The van der Waals surface area contributed by atoms with Crippen LogP contribution in [0.15, 0.2) is 71.2 Å². The molecule has 0 spiro atoms. The zero-order valence-electron chi connectivity index (χ0n) is 18.3. The molecular formula is C26H19BrF3N3O2. The number of ether oxygens (including phenoxy) is 1. The molecule has 4 aromatic rings. The molecule has 0 saturated heterocycles. The first kappa shape index (κ1) is 23.3. The Morgan fingerprint density at radius 1 is 1.03 bits per heavy atom. The van der Waals surface area contributed by atoms with Gasteiger partial charge in [0.15, 0.2) is 0 Å². The van der Waals surface area contributed by atoms with E-state index in [9.17, 15) is 18.0 Å². The number of halogens is 4. The predicted octanol–water partition coefficient (Wildman–Crippen LogP) is 7.01. The number of carbonyl (C=O) groups is 1. The average molecular weight is 542 g/mol. The summed E-state index contributed by atoms with van der Waals surface area (Å²) in [6.07, 6.45) is -1.92. The Balaban J connectivity index is 1.53. The van der Waals surface area contributed by atoms with Crippen LogP contribution in [-0.2, 0) is 12.6 Å². The van der Waals surface area contributed by atoms with E-state index in [1.807, 2.05) is 18.2 Å². The second kappa shape index (κ2) is 9.30. The Bertz CT molecular complexity index is 1420. The van der Waals surface area contributed by atoms with E-state index >= 15 is 0 Å². The number of hydrogen-bond acceptors (Lipinski definition) is 4. The van der Waals surface area contributed by atoms with Gasteiger partial charge in [-0.15, -0.1) is 10.2 Å². The molecule has 0 bridgehead atoms. The van der Waals surface area contributed by atoms with Crippen LogP contribution in [0.5, 0.6) is 11.6 Å². The quantitative estimate of drug-likeness (QED) is 0.301. The molecule has 3 aromatic carbocycles. The molecule has 178 valence electrons. The van der Waals surface area contributed by atoms with Crippen LogP contribution in [0.3, 0.4) is 0 Å². The molecule has 0 fully saturated rings. The van der Waals surface area contributed by atoms with Crippen molar-refractivity contribution in [2.24, 2.45) is 0 Å². The fourth-order valence-corrected chi connectivity index (χ4v) is 4.70. The Hall–Kier alpha value is -3.46. The van der Waals surface area contributed by atoms with Gasteiger partial charge in [-0.25, -0.2) is 0 Å². The molecule has 0 aliphatic heterocycles. The SMILES string of the molecule is O=C(N[C@H]1CCCc2ccc(Br)cc21)c1c(Oc2cccc(C(F)(F)F)c2)nnc2ccccc12. The van der Waals surface area contributed by atoms with Gasteiger partial charge in [0.1, 0.15) is 11.3 Å². The van der Waals surface area contributed by atoms with Crippen LogP contribution in [0.25, 0.3) is 10.9 Å². The van der Waals surface area contributed by atoms with Gasteiger partial charge in [0.05, 0.1) is 17.1 Å². The Labute approximate surface area is 207 Å². The lowest BCUT2D eigenvalue weighted by atomic mass is 9.87. The highest BCUT2D eigenvalue weighted by Gasteiger charge is 2.31. The summed E-state index contributed by atoms with van der Waals surface area (Å²) in [5.74, 6) is -0.688. The molecule has 5 rings (SSSR count). The number of carbonyl (C=O) groups excluding carboxylic acids is 1. The second-order valence-corrected chi connectivity index (χ2v) is 9.20. The number of aryl methyl sites for hydroxylation is 1. The van der Waals surface area contributed by atoms with Gasteiger partial charge in [0, 0.05) is 9.86 Å². The van der Waals surface area contributed by atoms with Crippen LogP contribution < -0.4 is 10.1 Å². The van der Waals surface area contributed by atoms with Crippen LogP contribution >= 0.6 is 15.9 Å². The molecule has 1 heterocycles. The maximum Gasteiger partial charge on any atom is 0.416 e. The molecule has 0 unspecified atom stereocenters. The summed E-state index contributed by atoms with van der Waals surface area (Å²) in [6.45, 7) is 0. The molecule has 9 heteroatoms. The number of amides is 1. The van der Waals surface area contributed by atoms with E-state index in [1.165, 1.54) is 17.7 Å². The van der Waals surface area contributed by atoms with Gasteiger partial charge in [-0.3, -0.25) is 4.79 Å². The van der Waals surface area contributed by atoms with E-state index in [0.717, 1.165) is 41.4 Å². The van der Waals surface area contributed by atoms with Crippen LogP contribution in [0, 0.1) is 0 Å².